The molecule has 22 heavy (non-hydrogen) atoms. The average Bonchev–Trinajstić information content (AvgIpc) is 2.55. The second-order valence-corrected chi connectivity index (χ2v) is 6.62. The highest BCUT2D eigenvalue weighted by molar-refractivity contribution is 9.10. The monoisotopic (exact) mass is 363 g/mol. The number of halogens is 1. The number of aromatic nitrogens is 1. The van der Waals surface area contributed by atoms with E-state index in [2.05, 4.69) is 49.9 Å². The molecule has 0 saturated carbocycles. The molecule has 0 atom stereocenters. The van der Waals surface area contributed by atoms with Crippen LogP contribution in [0.3, 0.4) is 0 Å². The van der Waals surface area contributed by atoms with Crippen LogP contribution >= 0.6 is 15.9 Å². The highest BCUT2D eigenvalue weighted by atomic mass is 79.9. The van der Waals surface area contributed by atoms with Crippen molar-refractivity contribution in [3.8, 4) is 11.5 Å². The molecule has 1 saturated heterocycles. The molecule has 1 aromatic carbocycles. The molecule has 116 valence electrons. The maximum atomic E-state index is 5.74. The second kappa shape index (κ2) is 5.59. The van der Waals surface area contributed by atoms with E-state index in [1.165, 1.54) is 0 Å². The molecule has 1 fully saturated rings. The van der Waals surface area contributed by atoms with E-state index in [1.807, 2.05) is 6.20 Å². The van der Waals surface area contributed by atoms with Gasteiger partial charge >= 0.3 is 0 Å². The van der Waals surface area contributed by atoms with Crippen molar-refractivity contribution in [3.63, 3.8) is 0 Å². The van der Waals surface area contributed by atoms with Crippen LogP contribution in [-0.4, -0.2) is 56.3 Å². The Morgan fingerprint density at radius 1 is 1.00 bits per heavy atom. The molecule has 5 nitrogen and oxygen atoms in total. The minimum Gasteiger partial charge on any atom is -0.486 e. The molecule has 3 heterocycles. The van der Waals surface area contributed by atoms with Crippen molar-refractivity contribution in [2.24, 2.45) is 0 Å². The van der Waals surface area contributed by atoms with E-state index in [-0.39, 0.29) is 0 Å². The van der Waals surface area contributed by atoms with Gasteiger partial charge < -0.3 is 19.3 Å². The molecule has 0 amide bonds. The van der Waals surface area contributed by atoms with E-state index < -0.39 is 0 Å². The lowest BCUT2D eigenvalue weighted by Gasteiger charge is -2.34. The van der Waals surface area contributed by atoms with E-state index in [0.29, 0.717) is 13.2 Å². The van der Waals surface area contributed by atoms with Crippen molar-refractivity contribution in [2.45, 2.75) is 0 Å². The maximum Gasteiger partial charge on any atom is 0.162 e. The standard InChI is InChI=1S/C16H18BrN3O2/c1-19-2-4-20(5-3-19)16-12-9-15-14(21-6-7-22-15)8-11(12)13(17)10-18-16/h8-10H,2-7H2,1H3. The molecule has 6 heteroatoms. The number of hydrogen-bond acceptors (Lipinski definition) is 5. The van der Waals surface area contributed by atoms with Crippen LogP contribution in [0, 0.1) is 0 Å². The zero-order chi connectivity index (χ0) is 15.1. The van der Waals surface area contributed by atoms with E-state index in [9.17, 15) is 0 Å². The van der Waals surface area contributed by atoms with Crippen LogP contribution in [0.5, 0.6) is 11.5 Å². The van der Waals surface area contributed by atoms with Gasteiger partial charge in [0.15, 0.2) is 11.5 Å². The van der Waals surface area contributed by atoms with Gasteiger partial charge in [-0.15, -0.1) is 0 Å². The first-order valence-corrected chi connectivity index (χ1v) is 8.33. The summed E-state index contributed by atoms with van der Waals surface area (Å²) in [6, 6.07) is 4.12. The highest BCUT2D eigenvalue weighted by Crippen LogP contribution is 2.40. The first kappa shape index (κ1) is 14.1. The van der Waals surface area contributed by atoms with Crippen LogP contribution < -0.4 is 14.4 Å². The molecule has 2 aliphatic rings. The van der Waals surface area contributed by atoms with E-state index in [0.717, 1.165) is 58.7 Å². The number of fused-ring (bicyclic) bond motifs is 2. The SMILES string of the molecule is CN1CCN(c2ncc(Br)c3cc4c(cc23)OCCO4)CC1. The number of rotatable bonds is 1. The first-order valence-electron chi connectivity index (χ1n) is 7.54. The molecule has 0 unspecified atom stereocenters. The summed E-state index contributed by atoms with van der Waals surface area (Å²) in [5.74, 6) is 2.66. The van der Waals surface area contributed by atoms with Gasteiger partial charge in [-0.05, 0) is 35.1 Å². The maximum absolute atomic E-state index is 5.74. The Labute approximate surface area is 137 Å². The predicted molar refractivity (Wildman–Crippen MR) is 90.1 cm³/mol. The van der Waals surface area contributed by atoms with Gasteiger partial charge in [-0.2, -0.15) is 0 Å². The van der Waals surface area contributed by atoms with Crippen molar-refractivity contribution in [1.29, 1.82) is 0 Å². The summed E-state index contributed by atoms with van der Waals surface area (Å²) < 4.78 is 12.4. The van der Waals surface area contributed by atoms with Crippen LogP contribution in [0.15, 0.2) is 22.8 Å². The number of anilines is 1. The number of hydrogen-bond donors (Lipinski definition) is 0. The average molecular weight is 364 g/mol. The molecule has 2 aliphatic heterocycles. The summed E-state index contributed by atoms with van der Waals surface area (Å²) in [5.41, 5.74) is 0. The minimum atomic E-state index is 0.601. The van der Waals surface area contributed by atoms with Crippen LogP contribution in [0.25, 0.3) is 10.8 Å². The second-order valence-electron chi connectivity index (χ2n) is 5.76. The summed E-state index contributed by atoms with van der Waals surface area (Å²) in [7, 11) is 2.16. The molecule has 0 aliphatic carbocycles. The Morgan fingerprint density at radius 2 is 1.64 bits per heavy atom. The lowest BCUT2D eigenvalue weighted by molar-refractivity contribution is 0.172. The number of pyridine rings is 1. The fraction of sp³-hybridized carbons (Fsp3) is 0.438. The molecule has 2 aromatic rings. The third kappa shape index (κ3) is 2.40. The molecule has 1 aromatic heterocycles. The number of benzene rings is 1. The lowest BCUT2D eigenvalue weighted by Crippen LogP contribution is -2.44. The first-order chi connectivity index (χ1) is 10.7. The summed E-state index contributed by atoms with van der Waals surface area (Å²) in [6.45, 7) is 5.31. The zero-order valence-electron chi connectivity index (χ0n) is 12.5. The van der Waals surface area contributed by atoms with E-state index in [1.54, 1.807) is 0 Å². The topological polar surface area (TPSA) is 37.8 Å². The van der Waals surface area contributed by atoms with Gasteiger partial charge in [0.2, 0.25) is 0 Å². The lowest BCUT2D eigenvalue weighted by atomic mass is 10.1. The smallest absolute Gasteiger partial charge is 0.162 e. The summed E-state index contributed by atoms with van der Waals surface area (Å²) in [6.07, 6.45) is 1.88. The normalized spacial score (nSPS) is 18.7. The minimum absolute atomic E-state index is 0.601. The molecule has 4 rings (SSSR count). The summed E-state index contributed by atoms with van der Waals surface area (Å²) in [5, 5.41) is 2.23. The Kier molecular flexibility index (Phi) is 3.58. The fourth-order valence-corrected chi connectivity index (χ4v) is 3.43. The number of ether oxygens (including phenoxy) is 2. The van der Waals surface area contributed by atoms with E-state index >= 15 is 0 Å². The third-order valence-electron chi connectivity index (χ3n) is 4.28. The van der Waals surface area contributed by atoms with Crippen molar-refractivity contribution < 1.29 is 9.47 Å². The molecule has 0 radical (unpaired) electrons. The highest BCUT2D eigenvalue weighted by Gasteiger charge is 2.21. The fourth-order valence-electron chi connectivity index (χ4n) is 3.00. The predicted octanol–water partition coefficient (Wildman–Crippen LogP) is 2.52. The van der Waals surface area contributed by atoms with Crippen LogP contribution in [-0.2, 0) is 0 Å². The Bertz CT molecular complexity index is 714. The van der Waals surface area contributed by atoms with Gasteiger partial charge in [0.05, 0.1) is 0 Å². The largest absolute Gasteiger partial charge is 0.486 e. The Morgan fingerprint density at radius 3 is 2.32 bits per heavy atom. The van der Waals surface area contributed by atoms with Crippen molar-refractivity contribution in [1.82, 2.24) is 9.88 Å². The van der Waals surface area contributed by atoms with Gasteiger partial charge in [0, 0.05) is 47.6 Å². The zero-order valence-corrected chi connectivity index (χ0v) is 14.1. The Balaban J connectivity index is 1.83. The van der Waals surface area contributed by atoms with Crippen molar-refractivity contribution in [2.75, 3.05) is 51.3 Å². The number of likely N-dealkylation sites (N-methyl/N-ethyl adjacent to an activating group) is 1. The quantitative estimate of drug-likeness (QED) is 0.778. The summed E-state index contributed by atoms with van der Waals surface area (Å²) in [4.78, 5) is 9.36. The van der Waals surface area contributed by atoms with Crippen LogP contribution in [0.2, 0.25) is 0 Å². The summed E-state index contributed by atoms with van der Waals surface area (Å²) >= 11 is 3.61. The molecule has 0 bridgehead atoms. The van der Waals surface area contributed by atoms with Crippen molar-refractivity contribution in [3.05, 3.63) is 22.8 Å². The van der Waals surface area contributed by atoms with Crippen molar-refractivity contribution >= 4 is 32.5 Å². The molecular formula is C16H18BrN3O2. The Hall–Kier alpha value is -1.53. The van der Waals surface area contributed by atoms with Crippen LogP contribution in [0.1, 0.15) is 0 Å². The molecular weight excluding hydrogens is 346 g/mol. The molecule has 0 N–H and O–H groups in total. The van der Waals surface area contributed by atoms with Crippen LogP contribution in [0.4, 0.5) is 5.82 Å². The van der Waals surface area contributed by atoms with E-state index in [4.69, 9.17) is 9.47 Å². The van der Waals surface area contributed by atoms with Gasteiger partial charge in [-0.3, -0.25) is 0 Å². The number of nitrogens with zero attached hydrogens (tertiary/aromatic N) is 3. The van der Waals surface area contributed by atoms with Gasteiger partial charge in [0.25, 0.3) is 0 Å². The molecule has 0 spiro atoms. The van der Waals surface area contributed by atoms with Gasteiger partial charge in [-0.25, -0.2) is 4.98 Å². The van der Waals surface area contributed by atoms with Gasteiger partial charge in [-0.1, -0.05) is 0 Å². The number of piperazine rings is 1. The third-order valence-corrected chi connectivity index (χ3v) is 4.92. The van der Waals surface area contributed by atoms with Gasteiger partial charge in [0.1, 0.15) is 19.0 Å².